The second-order valence-electron chi connectivity index (χ2n) is 5.89. The van der Waals surface area contributed by atoms with Crippen LogP contribution in [0, 0.1) is 0 Å². The van der Waals surface area contributed by atoms with Crippen molar-refractivity contribution in [3.8, 4) is 0 Å². The lowest BCUT2D eigenvalue weighted by Gasteiger charge is -2.07. The number of hydrogen-bond acceptors (Lipinski definition) is 3. The number of nitrogens with one attached hydrogen (secondary N) is 1. The Morgan fingerprint density at radius 2 is 2.00 bits per heavy atom. The summed E-state index contributed by atoms with van der Waals surface area (Å²) in [4.78, 5) is 6.38. The molecule has 0 unspecified atom stereocenters. The monoisotopic (exact) mass is 286 g/mol. The molecule has 20 heavy (non-hydrogen) atoms. The highest BCUT2D eigenvalue weighted by atomic mass is 32.1. The van der Waals surface area contributed by atoms with Crippen molar-refractivity contribution in [1.82, 2.24) is 10.3 Å². The summed E-state index contributed by atoms with van der Waals surface area (Å²) in [6.45, 7) is 5.36. The molecule has 0 bridgehead atoms. The van der Waals surface area contributed by atoms with Gasteiger partial charge in [0.05, 0.1) is 10.7 Å². The lowest BCUT2D eigenvalue weighted by atomic mass is 10.2. The van der Waals surface area contributed by atoms with Crippen LogP contribution in [0.5, 0.6) is 0 Å². The predicted molar refractivity (Wildman–Crippen MR) is 85.3 cm³/mol. The molecule has 1 aromatic heterocycles. The maximum absolute atomic E-state index is 4.92. The summed E-state index contributed by atoms with van der Waals surface area (Å²) < 4.78 is 0. The summed E-state index contributed by atoms with van der Waals surface area (Å²) in [5, 5.41) is 4.80. The molecular formula is C17H22N2S. The number of thiazole rings is 1. The Bertz CT molecular complexity index is 556. The van der Waals surface area contributed by atoms with Crippen LogP contribution in [0.1, 0.15) is 53.7 Å². The van der Waals surface area contributed by atoms with Crippen LogP contribution in [0.4, 0.5) is 0 Å². The molecule has 2 nitrogen and oxygen atoms in total. The molecule has 0 saturated heterocycles. The van der Waals surface area contributed by atoms with Gasteiger partial charge in [-0.25, -0.2) is 4.98 Å². The van der Waals surface area contributed by atoms with Gasteiger partial charge in [0.2, 0.25) is 0 Å². The summed E-state index contributed by atoms with van der Waals surface area (Å²) in [6.07, 6.45) is 3.61. The highest BCUT2D eigenvalue weighted by Gasteiger charge is 2.29. The van der Waals surface area contributed by atoms with Crippen molar-refractivity contribution in [1.29, 1.82) is 0 Å². The molecule has 0 amide bonds. The molecule has 1 aliphatic carbocycles. The average molecular weight is 286 g/mol. The molecule has 0 aliphatic heterocycles. The van der Waals surface area contributed by atoms with Crippen LogP contribution in [-0.4, -0.2) is 11.0 Å². The largest absolute Gasteiger partial charge is 0.310 e. The molecule has 1 saturated carbocycles. The summed E-state index contributed by atoms with van der Waals surface area (Å²) in [6, 6.07) is 11.2. The number of nitrogens with zero attached hydrogens (tertiary/aromatic N) is 1. The van der Waals surface area contributed by atoms with E-state index in [0.29, 0.717) is 6.04 Å². The van der Waals surface area contributed by atoms with E-state index in [1.807, 2.05) is 11.3 Å². The highest BCUT2D eigenvalue weighted by molar-refractivity contribution is 7.11. The summed E-state index contributed by atoms with van der Waals surface area (Å²) in [5.41, 5.74) is 2.72. The Labute approximate surface area is 125 Å². The standard InChI is InChI=1S/C17H22N2S/c1-12(2)18-11-15-17(14-8-9-14)19-16(20-15)10-13-6-4-3-5-7-13/h3-7,12,14,18H,8-11H2,1-2H3. The zero-order valence-corrected chi connectivity index (χ0v) is 13.0. The molecule has 1 aromatic carbocycles. The Morgan fingerprint density at radius 3 is 2.65 bits per heavy atom. The first-order chi connectivity index (χ1) is 9.72. The first-order valence-corrected chi connectivity index (χ1v) is 8.30. The molecule has 2 aromatic rings. The Balaban J connectivity index is 1.76. The van der Waals surface area contributed by atoms with Crippen LogP contribution in [0.3, 0.4) is 0 Å². The Kier molecular flexibility index (Phi) is 4.18. The van der Waals surface area contributed by atoms with Gasteiger partial charge in [0.25, 0.3) is 0 Å². The smallest absolute Gasteiger partial charge is 0.0975 e. The van der Waals surface area contributed by atoms with Crippen LogP contribution in [0.25, 0.3) is 0 Å². The molecule has 3 rings (SSSR count). The number of rotatable bonds is 6. The lowest BCUT2D eigenvalue weighted by molar-refractivity contribution is 0.590. The third-order valence-electron chi connectivity index (χ3n) is 3.60. The van der Waals surface area contributed by atoms with Crippen molar-refractivity contribution in [2.45, 2.75) is 51.6 Å². The van der Waals surface area contributed by atoms with Gasteiger partial charge in [-0.1, -0.05) is 44.2 Å². The molecule has 106 valence electrons. The van der Waals surface area contributed by atoms with Crippen LogP contribution in [0.15, 0.2) is 30.3 Å². The van der Waals surface area contributed by atoms with Crippen molar-refractivity contribution >= 4 is 11.3 Å². The Morgan fingerprint density at radius 1 is 1.25 bits per heavy atom. The van der Waals surface area contributed by atoms with E-state index in [1.54, 1.807) is 0 Å². The molecule has 0 spiro atoms. The van der Waals surface area contributed by atoms with Gasteiger partial charge in [0, 0.05) is 29.8 Å². The van der Waals surface area contributed by atoms with Crippen molar-refractivity contribution in [2.24, 2.45) is 0 Å². The van der Waals surface area contributed by atoms with Gasteiger partial charge >= 0.3 is 0 Å². The summed E-state index contributed by atoms with van der Waals surface area (Å²) in [5.74, 6) is 0.736. The normalized spacial score (nSPS) is 14.9. The topological polar surface area (TPSA) is 24.9 Å². The van der Waals surface area contributed by atoms with E-state index in [0.717, 1.165) is 18.9 Å². The van der Waals surface area contributed by atoms with Crippen molar-refractivity contribution in [3.63, 3.8) is 0 Å². The van der Waals surface area contributed by atoms with Crippen molar-refractivity contribution in [3.05, 3.63) is 51.5 Å². The predicted octanol–water partition coefficient (Wildman–Crippen LogP) is 4.11. The van der Waals surface area contributed by atoms with Crippen LogP contribution >= 0.6 is 11.3 Å². The SMILES string of the molecule is CC(C)NCc1sc(Cc2ccccc2)nc1C1CC1. The molecule has 1 aliphatic rings. The van der Waals surface area contributed by atoms with E-state index >= 15 is 0 Å². The van der Waals surface area contributed by atoms with E-state index in [2.05, 4.69) is 49.5 Å². The first kappa shape index (κ1) is 13.8. The highest BCUT2D eigenvalue weighted by Crippen LogP contribution is 2.42. The molecule has 1 N–H and O–H groups in total. The molecule has 0 radical (unpaired) electrons. The third kappa shape index (κ3) is 3.47. The quantitative estimate of drug-likeness (QED) is 0.864. The van der Waals surface area contributed by atoms with Gasteiger partial charge < -0.3 is 5.32 Å². The van der Waals surface area contributed by atoms with Gasteiger partial charge in [-0.2, -0.15) is 0 Å². The minimum atomic E-state index is 0.529. The second-order valence-corrected chi connectivity index (χ2v) is 7.06. The van der Waals surface area contributed by atoms with Gasteiger partial charge in [-0.3, -0.25) is 0 Å². The van der Waals surface area contributed by atoms with Gasteiger partial charge in [-0.15, -0.1) is 11.3 Å². The zero-order valence-electron chi connectivity index (χ0n) is 12.2. The number of aromatic nitrogens is 1. The van der Waals surface area contributed by atoms with Crippen LogP contribution in [-0.2, 0) is 13.0 Å². The fraction of sp³-hybridized carbons (Fsp3) is 0.471. The van der Waals surface area contributed by atoms with Crippen molar-refractivity contribution < 1.29 is 0 Å². The van der Waals surface area contributed by atoms with Crippen LogP contribution in [0.2, 0.25) is 0 Å². The van der Waals surface area contributed by atoms with Gasteiger partial charge in [0.15, 0.2) is 0 Å². The zero-order chi connectivity index (χ0) is 13.9. The maximum atomic E-state index is 4.92. The van der Waals surface area contributed by atoms with Gasteiger partial charge in [-0.05, 0) is 18.4 Å². The molecule has 1 heterocycles. The average Bonchev–Trinajstić information content (AvgIpc) is 3.20. The van der Waals surface area contributed by atoms with E-state index in [1.165, 1.54) is 34.0 Å². The number of benzene rings is 1. The molecule has 3 heteroatoms. The maximum Gasteiger partial charge on any atom is 0.0975 e. The van der Waals surface area contributed by atoms with Crippen LogP contribution < -0.4 is 5.32 Å². The fourth-order valence-electron chi connectivity index (χ4n) is 2.36. The van der Waals surface area contributed by atoms with E-state index < -0.39 is 0 Å². The lowest BCUT2D eigenvalue weighted by Crippen LogP contribution is -2.21. The Hall–Kier alpha value is -1.19. The minimum absolute atomic E-state index is 0.529. The third-order valence-corrected chi connectivity index (χ3v) is 4.68. The van der Waals surface area contributed by atoms with E-state index in [-0.39, 0.29) is 0 Å². The molecule has 1 fully saturated rings. The first-order valence-electron chi connectivity index (χ1n) is 7.48. The summed E-state index contributed by atoms with van der Waals surface area (Å²) >= 11 is 1.89. The molecule has 0 atom stereocenters. The summed E-state index contributed by atoms with van der Waals surface area (Å²) in [7, 11) is 0. The van der Waals surface area contributed by atoms with Gasteiger partial charge in [0.1, 0.15) is 0 Å². The van der Waals surface area contributed by atoms with E-state index in [9.17, 15) is 0 Å². The number of hydrogen-bond donors (Lipinski definition) is 1. The molecular weight excluding hydrogens is 264 g/mol. The van der Waals surface area contributed by atoms with E-state index in [4.69, 9.17) is 4.98 Å². The minimum Gasteiger partial charge on any atom is -0.310 e. The fourth-order valence-corrected chi connectivity index (χ4v) is 3.50. The van der Waals surface area contributed by atoms with Crippen molar-refractivity contribution in [2.75, 3.05) is 0 Å². The second kappa shape index (κ2) is 6.06.